The Kier molecular flexibility index (Phi) is 4.57. The van der Waals surface area contributed by atoms with Crippen molar-refractivity contribution >= 4 is 10.9 Å². The first-order valence-corrected chi connectivity index (χ1v) is 8.09. The van der Waals surface area contributed by atoms with Gasteiger partial charge in [0, 0.05) is 29.7 Å². The van der Waals surface area contributed by atoms with E-state index in [9.17, 15) is 0 Å². The first kappa shape index (κ1) is 14.2. The predicted octanol–water partition coefficient (Wildman–Crippen LogP) is 3.83. The lowest BCUT2D eigenvalue weighted by molar-refractivity contribution is 0.369. The molecule has 0 radical (unpaired) electrons. The van der Waals surface area contributed by atoms with Crippen LogP contribution in [0.3, 0.4) is 0 Å². The minimum Gasteiger partial charge on any atom is -0.347 e. The number of nitrogens with one attached hydrogen (secondary N) is 1. The van der Waals surface area contributed by atoms with Gasteiger partial charge in [0.15, 0.2) is 0 Å². The minimum absolute atomic E-state index is 0.735. The molecule has 1 aliphatic carbocycles. The number of rotatable bonds is 5. The second-order valence-electron chi connectivity index (χ2n) is 6.04. The zero-order valence-corrected chi connectivity index (χ0v) is 12.5. The third-order valence-electron chi connectivity index (χ3n) is 4.51. The molecule has 1 heterocycles. The van der Waals surface area contributed by atoms with Crippen molar-refractivity contribution in [3.63, 3.8) is 0 Å². The molecule has 0 spiro atoms. The van der Waals surface area contributed by atoms with Gasteiger partial charge in [0.05, 0.1) is 11.6 Å². The average Bonchev–Trinajstić information content (AvgIpc) is 2.95. The number of aromatic nitrogens is 1. The molecule has 110 valence electrons. The van der Waals surface area contributed by atoms with Gasteiger partial charge in [-0.3, -0.25) is 0 Å². The average molecular weight is 281 g/mol. The lowest BCUT2D eigenvalue weighted by Crippen LogP contribution is -2.32. The van der Waals surface area contributed by atoms with Crippen molar-refractivity contribution in [1.29, 1.82) is 5.26 Å². The SMILES string of the molecule is N#Cc1ccc2c(ccn2CCCNC2CCCCC2)c1. The van der Waals surface area contributed by atoms with Gasteiger partial charge in [0.1, 0.15) is 0 Å². The summed E-state index contributed by atoms with van der Waals surface area (Å²) in [5.74, 6) is 0. The molecule has 0 aliphatic heterocycles. The Labute approximate surface area is 126 Å². The summed E-state index contributed by atoms with van der Waals surface area (Å²) in [6.07, 6.45) is 10.2. The number of hydrogen-bond acceptors (Lipinski definition) is 2. The fourth-order valence-electron chi connectivity index (χ4n) is 3.33. The van der Waals surface area contributed by atoms with E-state index in [0.29, 0.717) is 0 Å². The van der Waals surface area contributed by atoms with Gasteiger partial charge in [0.2, 0.25) is 0 Å². The highest BCUT2D eigenvalue weighted by Crippen LogP contribution is 2.19. The fraction of sp³-hybridized carbons (Fsp3) is 0.500. The monoisotopic (exact) mass is 281 g/mol. The van der Waals surface area contributed by atoms with Crippen LogP contribution < -0.4 is 5.32 Å². The molecule has 3 rings (SSSR count). The summed E-state index contributed by atoms with van der Waals surface area (Å²) < 4.78 is 2.29. The van der Waals surface area contributed by atoms with Gasteiger partial charge >= 0.3 is 0 Å². The third-order valence-corrected chi connectivity index (χ3v) is 4.51. The van der Waals surface area contributed by atoms with Crippen molar-refractivity contribution in [1.82, 2.24) is 9.88 Å². The van der Waals surface area contributed by atoms with E-state index in [1.807, 2.05) is 12.1 Å². The van der Waals surface area contributed by atoms with Crippen LogP contribution in [0.15, 0.2) is 30.5 Å². The van der Waals surface area contributed by atoms with Gasteiger partial charge in [0.25, 0.3) is 0 Å². The molecule has 0 atom stereocenters. The molecule has 2 aromatic rings. The third kappa shape index (κ3) is 3.46. The summed E-state index contributed by atoms with van der Waals surface area (Å²) in [5.41, 5.74) is 1.96. The highest BCUT2D eigenvalue weighted by atomic mass is 15.0. The van der Waals surface area contributed by atoms with Gasteiger partial charge < -0.3 is 9.88 Å². The van der Waals surface area contributed by atoms with Gasteiger partial charge in [-0.2, -0.15) is 5.26 Å². The van der Waals surface area contributed by atoms with Crippen LogP contribution in [0.5, 0.6) is 0 Å². The lowest BCUT2D eigenvalue weighted by atomic mass is 9.95. The van der Waals surface area contributed by atoms with Crippen molar-refractivity contribution in [2.24, 2.45) is 0 Å². The Morgan fingerprint density at radius 3 is 2.86 bits per heavy atom. The number of nitriles is 1. The summed E-state index contributed by atoms with van der Waals surface area (Å²) in [4.78, 5) is 0. The van der Waals surface area contributed by atoms with Gasteiger partial charge in [-0.05, 0) is 50.1 Å². The van der Waals surface area contributed by atoms with E-state index in [4.69, 9.17) is 5.26 Å². The number of hydrogen-bond donors (Lipinski definition) is 1. The normalized spacial score (nSPS) is 16.1. The van der Waals surface area contributed by atoms with Crippen molar-refractivity contribution in [2.45, 2.75) is 51.1 Å². The van der Waals surface area contributed by atoms with E-state index in [1.165, 1.54) is 37.6 Å². The summed E-state index contributed by atoms with van der Waals surface area (Å²) in [6, 6.07) is 11.0. The van der Waals surface area contributed by atoms with Crippen molar-refractivity contribution < 1.29 is 0 Å². The van der Waals surface area contributed by atoms with E-state index in [0.717, 1.165) is 36.5 Å². The van der Waals surface area contributed by atoms with Crippen LogP contribution in [0, 0.1) is 11.3 Å². The summed E-state index contributed by atoms with van der Waals surface area (Å²) in [7, 11) is 0. The number of nitrogens with zero attached hydrogens (tertiary/aromatic N) is 2. The highest BCUT2D eigenvalue weighted by Gasteiger charge is 2.11. The number of benzene rings is 1. The summed E-state index contributed by atoms with van der Waals surface area (Å²) >= 11 is 0. The lowest BCUT2D eigenvalue weighted by Gasteiger charge is -2.22. The maximum Gasteiger partial charge on any atom is 0.0991 e. The van der Waals surface area contributed by atoms with Crippen molar-refractivity contribution in [3.05, 3.63) is 36.0 Å². The summed E-state index contributed by atoms with van der Waals surface area (Å²) in [5, 5.41) is 13.8. The molecule has 0 unspecified atom stereocenters. The number of fused-ring (bicyclic) bond motifs is 1. The Morgan fingerprint density at radius 2 is 2.05 bits per heavy atom. The fourth-order valence-corrected chi connectivity index (χ4v) is 3.33. The predicted molar refractivity (Wildman–Crippen MR) is 86.1 cm³/mol. The van der Waals surface area contributed by atoms with Crippen LogP contribution in [0.1, 0.15) is 44.1 Å². The zero-order valence-electron chi connectivity index (χ0n) is 12.5. The standard InChI is InChI=1S/C18H23N3/c19-14-15-7-8-18-16(13-15)9-12-21(18)11-4-10-20-17-5-2-1-3-6-17/h7-9,12-13,17,20H,1-6,10-11H2. The maximum absolute atomic E-state index is 8.94. The molecule has 1 aromatic carbocycles. The molecule has 0 bridgehead atoms. The van der Waals surface area contributed by atoms with Gasteiger partial charge in [-0.15, -0.1) is 0 Å². The molecule has 1 aliphatic rings. The Bertz CT molecular complexity index is 629. The van der Waals surface area contributed by atoms with E-state index in [1.54, 1.807) is 0 Å². The van der Waals surface area contributed by atoms with Crippen LogP contribution >= 0.6 is 0 Å². The van der Waals surface area contributed by atoms with Crippen molar-refractivity contribution in [2.75, 3.05) is 6.54 Å². The molecule has 1 N–H and O–H groups in total. The van der Waals surface area contributed by atoms with Crippen LogP contribution in [0.2, 0.25) is 0 Å². The molecule has 21 heavy (non-hydrogen) atoms. The quantitative estimate of drug-likeness (QED) is 0.846. The van der Waals surface area contributed by atoms with E-state index in [2.05, 4.69) is 34.3 Å². The largest absolute Gasteiger partial charge is 0.347 e. The first-order valence-electron chi connectivity index (χ1n) is 8.09. The molecule has 0 saturated heterocycles. The molecule has 3 heteroatoms. The van der Waals surface area contributed by atoms with Crippen LogP contribution in [-0.4, -0.2) is 17.2 Å². The summed E-state index contributed by atoms with van der Waals surface area (Å²) in [6.45, 7) is 2.13. The molecule has 0 amide bonds. The number of aryl methyl sites for hydroxylation is 1. The molecular weight excluding hydrogens is 258 g/mol. The van der Waals surface area contributed by atoms with Crippen LogP contribution in [0.4, 0.5) is 0 Å². The van der Waals surface area contributed by atoms with E-state index in [-0.39, 0.29) is 0 Å². The Hall–Kier alpha value is -1.79. The van der Waals surface area contributed by atoms with Gasteiger partial charge in [-0.1, -0.05) is 19.3 Å². The topological polar surface area (TPSA) is 40.8 Å². The molecular formula is C18H23N3. The van der Waals surface area contributed by atoms with Crippen LogP contribution in [0.25, 0.3) is 10.9 Å². The Morgan fingerprint density at radius 1 is 1.19 bits per heavy atom. The highest BCUT2D eigenvalue weighted by molar-refractivity contribution is 5.81. The second kappa shape index (κ2) is 6.78. The molecule has 1 aromatic heterocycles. The first-order chi connectivity index (χ1) is 10.4. The van der Waals surface area contributed by atoms with Crippen LogP contribution in [-0.2, 0) is 6.54 Å². The maximum atomic E-state index is 8.94. The Balaban J connectivity index is 1.52. The van der Waals surface area contributed by atoms with E-state index >= 15 is 0 Å². The zero-order chi connectivity index (χ0) is 14.5. The molecule has 1 saturated carbocycles. The van der Waals surface area contributed by atoms with Crippen molar-refractivity contribution in [3.8, 4) is 6.07 Å². The van der Waals surface area contributed by atoms with Gasteiger partial charge in [-0.25, -0.2) is 0 Å². The minimum atomic E-state index is 0.735. The smallest absolute Gasteiger partial charge is 0.0991 e. The second-order valence-corrected chi connectivity index (χ2v) is 6.04. The molecule has 1 fully saturated rings. The van der Waals surface area contributed by atoms with E-state index < -0.39 is 0 Å². The molecule has 3 nitrogen and oxygen atoms in total.